The van der Waals surface area contributed by atoms with E-state index in [0.29, 0.717) is 0 Å². The minimum absolute atomic E-state index is 0.202. The molecule has 3 N–H and O–H groups in total. The number of ether oxygens (including phenoxy) is 1. The van der Waals surface area contributed by atoms with Crippen LogP contribution in [0.4, 0.5) is 5.69 Å². The van der Waals surface area contributed by atoms with Crippen LogP contribution >= 0.6 is 0 Å². The Labute approximate surface area is 90.3 Å². The third-order valence-corrected chi connectivity index (χ3v) is 2.30. The van der Waals surface area contributed by atoms with Gasteiger partial charge in [-0.2, -0.15) is 0 Å². The largest absolute Gasteiger partial charge is 0.497 e. The Morgan fingerprint density at radius 2 is 2.13 bits per heavy atom. The summed E-state index contributed by atoms with van der Waals surface area (Å²) < 4.78 is 5.11. The minimum Gasteiger partial charge on any atom is -0.497 e. The van der Waals surface area contributed by atoms with Crippen molar-refractivity contribution in [2.75, 3.05) is 32.6 Å². The van der Waals surface area contributed by atoms with E-state index in [-0.39, 0.29) is 6.54 Å². The molecule has 0 spiro atoms. The fourth-order valence-corrected chi connectivity index (χ4v) is 1.46. The van der Waals surface area contributed by atoms with Gasteiger partial charge in [-0.05, 0) is 18.2 Å². The first-order valence-corrected chi connectivity index (χ1v) is 4.83. The Hall–Kier alpha value is -1.26. The normalized spacial score (nSPS) is 12.3. The molecule has 4 heteroatoms. The molecule has 0 saturated carbocycles. The molecule has 1 rings (SSSR count). The van der Waals surface area contributed by atoms with Gasteiger partial charge in [0, 0.05) is 31.9 Å². The molecule has 15 heavy (non-hydrogen) atoms. The molecule has 1 atom stereocenters. The lowest BCUT2D eigenvalue weighted by molar-refractivity contribution is 0.186. The fourth-order valence-electron chi connectivity index (χ4n) is 1.46. The molecule has 0 aromatic heterocycles. The third-order valence-electron chi connectivity index (χ3n) is 2.30. The number of methoxy groups -OCH3 is 1. The molecule has 0 aliphatic rings. The van der Waals surface area contributed by atoms with Gasteiger partial charge in [0.1, 0.15) is 5.75 Å². The van der Waals surface area contributed by atoms with E-state index >= 15 is 0 Å². The predicted octanol–water partition coefficient (Wildman–Crippen LogP) is 0.753. The van der Waals surface area contributed by atoms with E-state index in [1.165, 1.54) is 0 Å². The number of hydrogen-bond acceptors (Lipinski definition) is 4. The van der Waals surface area contributed by atoms with Crippen molar-refractivity contribution in [1.29, 1.82) is 0 Å². The second kappa shape index (κ2) is 5.00. The van der Waals surface area contributed by atoms with Crippen LogP contribution in [0.5, 0.6) is 5.75 Å². The van der Waals surface area contributed by atoms with Crippen LogP contribution in [-0.4, -0.2) is 32.9 Å². The average molecular weight is 210 g/mol. The van der Waals surface area contributed by atoms with Crippen LogP contribution in [-0.2, 0) is 0 Å². The van der Waals surface area contributed by atoms with Crippen molar-refractivity contribution in [1.82, 2.24) is 0 Å². The molecule has 0 bridgehead atoms. The lowest BCUT2D eigenvalue weighted by Crippen LogP contribution is -2.17. The van der Waals surface area contributed by atoms with Crippen molar-refractivity contribution in [2.24, 2.45) is 5.73 Å². The zero-order valence-corrected chi connectivity index (χ0v) is 9.40. The van der Waals surface area contributed by atoms with E-state index in [2.05, 4.69) is 0 Å². The Morgan fingerprint density at radius 3 is 2.60 bits per heavy atom. The van der Waals surface area contributed by atoms with Crippen LogP contribution in [0.2, 0.25) is 0 Å². The van der Waals surface area contributed by atoms with Gasteiger partial charge in [-0.15, -0.1) is 0 Å². The summed E-state index contributed by atoms with van der Waals surface area (Å²) >= 11 is 0. The van der Waals surface area contributed by atoms with Crippen molar-refractivity contribution >= 4 is 5.69 Å². The first-order valence-electron chi connectivity index (χ1n) is 4.83. The van der Waals surface area contributed by atoms with Gasteiger partial charge in [-0.3, -0.25) is 0 Å². The number of nitrogens with zero attached hydrogens (tertiary/aromatic N) is 1. The van der Waals surface area contributed by atoms with E-state index in [9.17, 15) is 5.11 Å². The van der Waals surface area contributed by atoms with Crippen molar-refractivity contribution in [3.05, 3.63) is 23.8 Å². The summed E-state index contributed by atoms with van der Waals surface area (Å²) in [6.07, 6.45) is -0.655. The SMILES string of the molecule is COc1ccc(N(C)C)c(C(O)CN)c1. The highest BCUT2D eigenvalue weighted by atomic mass is 16.5. The number of benzene rings is 1. The van der Waals surface area contributed by atoms with Gasteiger partial charge in [0.2, 0.25) is 0 Å². The van der Waals surface area contributed by atoms with Gasteiger partial charge in [0.15, 0.2) is 0 Å². The first-order chi connectivity index (χ1) is 7.10. The maximum absolute atomic E-state index is 9.77. The molecular formula is C11H18N2O2. The third kappa shape index (κ3) is 2.61. The zero-order valence-electron chi connectivity index (χ0n) is 9.40. The van der Waals surface area contributed by atoms with Gasteiger partial charge in [0.05, 0.1) is 13.2 Å². The van der Waals surface area contributed by atoms with Crippen molar-refractivity contribution < 1.29 is 9.84 Å². The summed E-state index contributed by atoms with van der Waals surface area (Å²) in [6.45, 7) is 0.202. The van der Waals surface area contributed by atoms with Crippen LogP contribution in [0.1, 0.15) is 11.7 Å². The van der Waals surface area contributed by atoms with Gasteiger partial charge in [-0.1, -0.05) is 0 Å². The predicted molar refractivity (Wildman–Crippen MR) is 61.3 cm³/mol. The summed E-state index contributed by atoms with van der Waals surface area (Å²) in [7, 11) is 5.45. The summed E-state index contributed by atoms with van der Waals surface area (Å²) in [5.41, 5.74) is 7.20. The summed E-state index contributed by atoms with van der Waals surface area (Å²) in [4.78, 5) is 1.94. The lowest BCUT2D eigenvalue weighted by atomic mass is 10.1. The molecule has 1 aromatic rings. The van der Waals surface area contributed by atoms with Crippen molar-refractivity contribution in [2.45, 2.75) is 6.10 Å². The quantitative estimate of drug-likeness (QED) is 0.770. The molecule has 84 valence electrons. The number of rotatable bonds is 4. The Morgan fingerprint density at radius 1 is 1.47 bits per heavy atom. The van der Waals surface area contributed by atoms with Crippen molar-refractivity contribution in [3.63, 3.8) is 0 Å². The Kier molecular flexibility index (Phi) is 3.94. The highest BCUT2D eigenvalue weighted by Gasteiger charge is 2.13. The van der Waals surface area contributed by atoms with Crippen LogP contribution < -0.4 is 15.4 Å². The molecule has 0 aliphatic heterocycles. The van der Waals surface area contributed by atoms with Crippen LogP contribution in [0.25, 0.3) is 0 Å². The van der Waals surface area contributed by atoms with E-state index in [1.54, 1.807) is 7.11 Å². The highest BCUT2D eigenvalue weighted by molar-refractivity contribution is 5.56. The van der Waals surface area contributed by atoms with Gasteiger partial charge >= 0.3 is 0 Å². The topological polar surface area (TPSA) is 58.7 Å². The standard InChI is InChI=1S/C11H18N2O2/c1-13(2)10-5-4-8(15-3)6-9(10)11(14)7-12/h4-6,11,14H,7,12H2,1-3H3. The van der Waals surface area contributed by atoms with E-state index in [1.807, 2.05) is 37.2 Å². The minimum atomic E-state index is -0.655. The molecule has 0 amide bonds. The first kappa shape index (κ1) is 11.8. The summed E-state index contributed by atoms with van der Waals surface area (Å²) in [5.74, 6) is 0.725. The van der Waals surface area contributed by atoms with E-state index in [0.717, 1.165) is 17.0 Å². The maximum atomic E-state index is 9.77. The Balaban J connectivity index is 3.16. The molecule has 0 aliphatic carbocycles. The van der Waals surface area contributed by atoms with Crippen LogP contribution in [0, 0.1) is 0 Å². The molecule has 4 nitrogen and oxygen atoms in total. The summed E-state index contributed by atoms with van der Waals surface area (Å²) in [6, 6.07) is 5.59. The number of hydrogen-bond donors (Lipinski definition) is 2. The number of anilines is 1. The van der Waals surface area contributed by atoms with E-state index in [4.69, 9.17) is 10.5 Å². The van der Waals surface area contributed by atoms with Gasteiger partial charge < -0.3 is 20.5 Å². The lowest BCUT2D eigenvalue weighted by Gasteiger charge is -2.20. The molecular weight excluding hydrogens is 192 g/mol. The van der Waals surface area contributed by atoms with Crippen LogP contribution in [0.3, 0.4) is 0 Å². The summed E-state index contributed by atoms with van der Waals surface area (Å²) in [5, 5.41) is 9.77. The van der Waals surface area contributed by atoms with Crippen LogP contribution in [0.15, 0.2) is 18.2 Å². The second-order valence-electron chi connectivity index (χ2n) is 3.57. The fraction of sp³-hybridized carbons (Fsp3) is 0.455. The molecule has 0 heterocycles. The van der Waals surface area contributed by atoms with Gasteiger partial charge in [-0.25, -0.2) is 0 Å². The van der Waals surface area contributed by atoms with Crippen molar-refractivity contribution in [3.8, 4) is 5.75 Å². The zero-order chi connectivity index (χ0) is 11.4. The molecule has 1 unspecified atom stereocenters. The average Bonchev–Trinajstić information content (AvgIpc) is 2.26. The molecule has 0 radical (unpaired) electrons. The maximum Gasteiger partial charge on any atom is 0.119 e. The smallest absolute Gasteiger partial charge is 0.119 e. The molecule has 0 saturated heterocycles. The Bertz CT molecular complexity index is 326. The number of aliphatic hydroxyl groups excluding tert-OH is 1. The number of nitrogens with two attached hydrogens (primary N) is 1. The monoisotopic (exact) mass is 210 g/mol. The second-order valence-corrected chi connectivity index (χ2v) is 3.57. The number of aliphatic hydroxyl groups is 1. The molecule has 0 fully saturated rings. The molecule has 1 aromatic carbocycles. The highest BCUT2D eigenvalue weighted by Crippen LogP contribution is 2.28. The van der Waals surface area contributed by atoms with Gasteiger partial charge in [0.25, 0.3) is 0 Å². The van der Waals surface area contributed by atoms with E-state index < -0.39 is 6.10 Å².